The van der Waals surface area contributed by atoms with Gasteiger partial charge in [0.25, 0.3) is 0 Å². The van der Waals surface area contributed by atoms with Gasteiger partial charge in [-0.25, -0.2) is 0 Å². The first-order chi connectivity index (χ1) is 11.2. The summed E-state index contributed by atoms with van der Waals surface area (Å²) in [6.07, 6.45) is -3.22. The minimum atomic E-state index is -4.44. The minimum Gasteiger partial charge on any atom is -0.506 e. The molecule has 9 heteroatoms. The van der Waals surface area contributed by atoms with Crippen LogP contribution in [0.15, 0.2) is 47.0 Å². The predicted octanol–water partition coefficient (Wildman–Crippen LogP) is 3.43. The van der Waals surface area contributed by atoms with Crippen molar-refractivity contribution in [2.24, 2.45) is 5.18 Å². The van der Waals surface area contributed by atoms with Gasteiger partial charge in [0.05, 0.1) is 11.8 Å². The van der Waals surface area contributed by atoms with Crippen molar-refractivity contribution in [1.82, 2.24) is 9.78 Å². The average Bonchev–Trinajstić information content (AvgIpc) is 2.53. The Labute approximate surface area is 133 Å². The Morgan fingerprint density at radius 2 is 2.08 bits per heavy atom. The van der Waals surface area contributed by atoms with Crippen LogP contribution in [0.25, 0.3) is 5.76 Å². The van der Waals surface area contributed by atoms with E-state index in [0.29, 0.717) is 5.56 Å². The summed E-state index contributed by atoms with van der Waals surface area (Å²) in [7, 11) is 0. The van der Waals surface area contributed by atoms with E-state index in [1.165, 1.54) is 12.1 Å². The van der Waals surface area contributed by atoms with Crippen LogP contribution in [0.4, 0.5) is 18.9 Å². The highest BCUT2D eigenvalue weighted by Gasteiger charge is 2.30. The van der Waals surface area contributed by atoms with Crippen molar-refractivity contribution >= 4 is 11.4 Å². The van der Waals surface area contributed by atoms with Crippen LogP contribution in [-0.2, 0) is 19.1 Å². The Bertz CT molecular complexity index is 844. The monoisotopic (exact) mass is 339 g/mol. The third-order valence-electron chi connectivity index (χ3n) is 3.20. The van der Waals surface area contributed by atoms with Gasteiger partial charge < -0.3 is 5.11 Å². The Morgan fingerprint density at radius 1 is 1.38 bits per heavy atom. The zero-order valence-corrected chi connectivity index (χ0v) is 12.2. The number of benzene rings is 1. The molecule has 1 heterocycles. The molecule has 1 N–H and O–H groups in total. The topological polar surface area (TPSA) is 84.6 Å². The molecule has 0 atom stereocenters. The highest BCUT2D eigenvalue weighted by atomic mass is 19.4. The second kappa shape index (κ2) is 6.65. The zero-order valence-electron chi connectivity index (χ0n) is 12.2. The molecule has 0 saturated carbocycles. The van der Waals surface area contributed by atoms with Crippen molar-refractivity contribution in [1.29, 1.82) is 0 Å². The fraction of sp³-hybridized carbons (Fsp3) is 0.200. The van der Waals surface area contributed by atoms with Gasteiger partial charge in [-0.05, 0) is 23.2 Å². The fourth-order valence-corrected chi connectivity index (χ4v) is 2.04. The molecule has 0 aliphatic rings. The largest absolute Gasteiger partial charge is 0.506 e. The van der Waals surface area contributed by atoms with Gasteiger partial charge in [-0.3, -0.25) is 9.48 Å². The normalized spacial score (nSPS) is 11.3. The smallest absolute Gasteiger partial charge is 0.416 e. The van der Waals surface area contributed by atoms with Crippen LogP contribution in [0.1, 0.15) is 16.8 Å². The number of hydrogen-bond acceptors (Lipinski definition) is 5. The molecule has 0 bridgehead atoms. The van der Waals surface area contributed by atoms with Crippen molar-refractivity contribution in [2.75, 3.05) is 0 Å². The molecule has 2 aromatic rings. The van der Waals surface area contributed by atoms with Gasteiger partial charge in [0.1, 0.15) is 5.76 Å². The third-order valence-corrected chi connectivity index (χ3v) is 3.20. The number of aryl methyl sites for hydroxylation is 2. The van der Waals surface area contributed by atoms with E-state index in [0.717, 1.165) is 23.0 Å². The van der Waals surface area contributed by atoms with Crippen LogP contribution in [0.3, 0.4) is 0 Å². The first kappa shape index (κ1) is 17.4. The zero-order chi connectivity index (χ0) is 17.9. The number of rotatable bonds is 5. The van der Waals surface area contributed by atoms with Gasteiger partial charge >= 0.3 is 6.18 Å². The Morgan fingerprint density at radius 3 is 2.67 bits per heavy atom. The summed E-state index contributed by atoms with van der Waals surface area (Å²) in [5.41, 5.74) is -2.15. The number of nitroso groups, excluding NO2 is 1. The Hall–Kier alpha value is -2.97. The Kier molecular flexibility index (Phi) is 4.82. The lowest BCUT2D eigenvalue weighted by molar-refractivity contribution is -0.137. The summed E-state index contributed by atoms with van der Waals surface area (Å²) in [6, 6.07) is 4.77. The van der Waals surface area contributed by atoms with Crippen LogP contribution < -0.4 is 5.43 Å². The third kappa shape index (κ3) is 3.86. The van der Waals surface area contributed by atoms with E-state index in [1.54, 1.807) is 0 Å². The van der Waals surface area contributed by atoms with E-state index in [2.05, 4.69) is 16.9 Å². The van der Waals surface area contributed by atoms with Crippen molar-refractivity contribution in [3.63, 3.8) is 0 Å². The van der Waals surface area contributed by atoms with Gasteiger partial charge in [0.15, 0.2) is 11.4 Å². The molecule has 0 unspecified atom stereocenters. The van der Waals surface area contributed by atoms with Crippen LogP contribution in [0.2, 0.25) is 0 Å². The average molecular weight is 339 g/mol. The maximum atomic E-state index is 12.7. The van der Waals surface area contributed by atoms with Gasteiger partial charge in [-0.2, -0.15) is 18.3 Å². The van der Waals surface area contributed by atoms with E-state index < -0.39 is 34.3 Å². The standard InChI is InChI=1S/C15H12F3N3O3/c1-9(22)13-14(23)12(20-24)8-21(19-13)6-5-10-3-2-4-11(7-10)15(16,17)18/h2-4,7-8,22H,1,5-6H2. The Balaban J connectivity index is 2.27. The number of aromatic nitrogens is 2. The van der Waals surface area contributed by atoms with Gasteiger partial charge in [0.2, 0.25) is 5.43 Å². The van der Waals surface area contributed by atoms with E-state index in [-0.39, 0.29) is 13.0 Å². The number of halogens is 3. The maximum absolute atomic E-state index is 12.7. The van der Waals surface area contributed by atoms with E-state index in [4.69, 9.17) is 0 Å². The predicted molar refractivity (Wildman–Crippen MR) is 80.8 cm³/mol. The molecule has 24 heavy (non-hydrogen) atoms. The summed E-state index contributed by atoms with van der Waals surface area (Å²) >= 11 is 0. The molecule has 0 aliphatic carbocycles. The second-order valence-electron chi connectivity index (χ2n) is 4.94. The number of nitrogens with zero attached hydrogens (tertiary/aromatic N) is 3. The first-order valence-electron chi connectivity index (χ1n) is 6.72. The highest BCUT2D eigenvalue weighted by molar-refractivity contribution is 5.55. The van der Waals surface area contributed by atoms with Gasteiger partial charge in [-0.15, -0.1) is 4.91 Å². The van der Waals surface area contributed by atoms with Gasteiger partial charge in [0, 0.05) is 6.54 Å². The second-order valence-corrected chi connectivity index (χ2v) is 4.94. The molecule has 1 aromatic heterocycles. The molecule has 0 aliphatic heterocycles. The van der Waals surface area contributed by atoms with Crippen LogP contribution >= 0.6 is 0 Å². The van der Waals surface area contributed by atoms with Crippen molar-refractivity contribution in [3.8, 4) is 0 Å². The first-order valence-corrected chi connectivity index (χ1v) is 6.72. The van der Waals surface area contributed by atoms with Crippen molar-refractivity contribution in [3.05, 3.63) is 69.0 Å². The molecule has 1 aromatic carbocycles. The number of aliphatic hydroxyl groups excluding tert-OH is 1. The number of hydrogen-bond donors (Lipinski definition) is 1. The van der Waals surface area contributed by atoms with E-state index in [1.807, 2.05) is 0 Å². The number of alkyl halides is 3. The molecule has 0 amide bonds. The minimum absolute atomic E-state index is 0.0738. The molecular formula is C15H12F3N3O3. The summed E-state index contributed by atoms with van der Waals surface area (Å²) < 4.78 is 39.2. The van der Waals surface area contributed by atoms with E-state index >= 15 is 0 Å². The highest BCUT2D eigenvalue weighted by Crippen LogP contribution is 2.29. The van der Waals surface area contributed by atoms with Crippen molar-refractivity contribution in [2.45, 2.75) is 19.1 Å². The van der Waals surface area contributed by atoms with Crippen LogP contribution in [0, 0.1) is 4.91 Å². The fourth-order valence-electron chi connectivity index (χ4n) is 2.04. The summed E-state index contributed by atoms with van der Waals surface area (Å²) in [4.78, 5) is 22.4. The molecule has 0 fully saturated rings. The molecular weight excluding hydrogens is 327 g/mol. The summed E-state index contributed by atoms with van der Waals surface area (Å²) in [5, 5.41) is 15.7. The lowest BCUT2D eigenvalue weighted by atomic mass is 10.1. The van der Waals surface area contributed by atoms with Crippen LogP contribution in [-0.4, -0.2) is 14.9 Å². The molecule has 2 rings (SSSR count). The van der Waals surface area contributed by atoms with E-state index in [9.17, 15) is 28.0 Å². The van der Waals surface area contributed by atoms with Crippen LogP contribution in [0.5, 0.6) is 0 Å². The SMILES string of the molecule is C=C(O)c1nn(CCc2cccc(C(F)(F)F)c2)cc(N=O)c1=O. The lowest BCUT2D eigenvalue weighted by Gasteiger charge is -2.10. The maximum Gasteiger partial charge on any atom is 0.416 e. The molecule has 0 spiro atoms. The van der Waals surface area contributed by atoms with Crippen molar-refractivity contribution < 1.29 is 18.3 Å². The summed E-state index contributed by atoms with van der Waals surface area (Å²) in [6.45, 7) is 3.24. The summed E-state index contributed by atoms with van der Waals surface area (Å²) in [5.74, 6) is -0.627. The molecule has 126 valence electrons. The molecule has 0 saturated heterocycles. The molecule has 6 nitrogen and oxygen atoms in total. The molecule has 0 radical (unpaired) electrons. The number of aliphatic hydroxyl groups is 1. The quantitative estimate of drug-likeness (QED) is 0.668. The van der Waals surface area contributed by atoms with Gasteiger partial charge in [-0.1, -0.05) is 24.8 Å². The lowest BCUT2D eigenvalue weighted by Crippen LogP contribution is -2.18.